The van der Waals surface area contributed by atoms with E-state index in [2.05, 4.69) is 17.3 Å². The Hall–Kier alpha value is -2.21. The number of hydrogen-bond acceptors (Lipinski definition) is 4. The predicted octanol–water partition coefficient (Wildman–Crippen LogP) is 3.59. The van der Waals surface area contributed by atoms with Gasteiger partial charge in [0.2, 0.25) is 0 Å². The van der Waals surface area contributed by atoms with Gasteiger partial charge in [-0.2, -0.15) is 5.10 Å². The topological polar surface area (TPSA) is 65.4 Å². The van der Waals surface area contributed by atoms with Crippen LogP contribution in [0.25, 0.3) is 0 Å². The first kappa shape index (κ1) is 19.1. The minimum Gasteiger partial charge on any atom is -0.493 e. The summed E-state index contributed by atoms with van der Waals surface area (Å²) in [7, 11) is 3.16. The summed E-state index contributed by atoms with van der Waals surface area (Å²) in [6.07, 6.45) is 2.00. The number of halogens is 1. The van der Waals surface area contributed by atoms with Gasteiger partial charge in [-0.25, -0.2) is 0 Å². The highest BCUT2D eigenvalue weighted by Crippen LogP contribution is 2.27. The van der Waals surface area contributed by atoms with Crippen molar-refractivity contribution in [2.45, 2.75) is 39.8 Å². The number of methoxy groups -OCH3 is 2. The van der Waals surface area contributed by atoms with Crippen LogP contribution in [0.5, 0.6) is 11.5 Å². The van der Waals surface area contributed by atoms with E-state index in [4.69, 9.17) is 21.1 Å². The fourth-order valence-electron chi connectivity index (χ4n) is 2.53. The van der Waals surface area contributed by atoms with Crippen molar-refractivity contribution in [1.82, 2.24) is 15.1 Å². The molecule has 0 spiro atoms. The third kappa shape index (κ3) is 4.45. The molecule has 0 unspecified atom stereocenters. The van der Waals surface area contributed by atoms with Gasteiger partial charge in [-0.05, 0) is 31.0 Å². The zero-order chi connectivity index (χ0) is 18.4. The van der Waals surface area contributed by atoms with Crippen LogP contribution in [-0.2, 0) is 13.1 Å². The van der Waals surface area contributed by atoms with E-state index >= 15 is 0 Å². The SMILES string of the molecule is CCCCn1nc(C)c(C(=O)NCc2ccc(OC)c(OC)c2)c1Cl. The first-order valence-electron chi connectivity index (χ1n) is 8.23. The zero-order valence-corrected chi connectivity index (χ0v) is 15.8. The third-order valence-corrected chi connectivity index (χ3v) is 4.30. The van der Waals surface area contributed by atoms with Gasteiger partial charge in [0.1, 0.15) is 5.15 Å². The monoisotopic (exact) mass is 365 g/mol. The molecule has 0 atom stereocenters. The van der Waals surface area contributed by atoms with Crippen molar-refractivity contribution in [3.63, 3.8) is 0 Å². The highest BCUT2D eigenvalue weighted by Gasteiger charge is 2.20. The lowest BCUT2D eigenvalue weighted by Gasteiger charge is -2.10. The van der Waals surface area contributed by atoms with Gasteiger partial charge in [0.15, 0.2) is 11.5 Å². The van der Waals surface area contributed by atoms with E-state index in [1.165, 1.54) is 0 Å². The Balaban J connectivity index is 2.09. The largest absolute Gasteiger partial charge is 0.493 e. The molecule has 136 valence electrons. The molecule has 25 heavy (non-hydrogen) atoms. The molecule has 0 bridgehead atoms. The molecule has 0 aliphatic rings. The highest BCUT2D eigenvalue weighted by molar-refractivity contribution is 6.33. The van der Waals surface area contributed by atoms with Gasteiger partial charge in [-0.15, -0.1) is 0 Å². The van der Waals surface area contributed by atoms with Gasteiger partial charge >= 0.3 is 0 Å². The molecule has 0 radical (unpaired) electrons. The summed E-state index contributed by atoms with van der Waals surface area (Å²) >= 11 is 6.33. The number of unbranched alkanes of at least 4 members (excludes halogenated alkanes) is 1. The molecular formula is C18H24ClN3O3. The number of amides is 1. The van der Waals surface area contributed by atoms with Crippen molar-refractivity contribution >= 4 is 17.5 Å². The van der Waals surface area contributed by atoms with Crippen molar-refractivity contribution < 1.29 is 14.3 Å². The lowest BCUT2D eigenvalue weighted by atomic mass is 10.2. The van der Waals surface area contributed by atoms with E-state index in [0.717, 1.165) is 18.4 Å². The molecule has 1 N–H and O–H groups in total. The number of nitrogens with one attached hydrogen (secondary N) is 1. The minimum absolute atomic E-state index is 0.236. The molecule has 1 aromatic heterocycles. The van der Waals surface area contributed by atoms with Crippen molar-refractivity contribution in [2.75, 3.05) is 14.2 Å². The van der Waals surface area contributed by atoms with E-state index in [1.807, 2.05) is 12.1 Å². The maximum Gasteiger partial charge on any atom is 0.256 e. The normalized spacial score (nSPS) is 10.6. The maximum absolute atomic E-state index is 12.5. The fourth-order valence-corrected chi connectivity index (χ4v) is 2.87. The Morgan fingerprint density at radius 2 is 2.00 bits per heavy atom. The summed E-state index contributed by atoms with van der Waals surface area (Å²) in [5.74, 6) is 1.03. The third-order valence-electron chi connectivity index (χ3n) is 3.92. The van der Waals surface area contributed by atoms with Crippen LogP contribution in [0.1, 0.15) is 41.4 Å². The molecule has 0 aliphatic heterocycles. The number of carbonyl (C=O) groups excluding carboxylic acids is 1. The lowest BCUT2D eigenvalue weighted by molar-refractivity contribution is 0.0950. The number of benzene rings is 1. The standard InChI is InChI=1S/C18H24ClN3O3/c1-5-6-9-22-17(19)16(12(2)21-22)18(23)20-11-13-7-8-14(24-3)15(10-13)25-4/h7-8,10H,5-6,9,11H2,1-4H3,(H,20,23). The van der Waals surface area contributed by atoms with Gasteiger partial charge in [-0.3, -0.25) is 9.48 Å². The number of carbonyl (C=O) groups is 1. The predicted molar refractivity (Wildman–Crippen MR) is 97.6 cm³/mol. The Bertz CT molecular complexity index is 743. The number of aromatic nitrogens is 2. The molecule has 2 aromatic rings. The van der Waals surface area contributed by atoms with Crippen molar-refractivity contribution in [2.24, 2.45) is 0 Å². The Kier molecular flexibility index (Phi) is 6.70. The Morgan fingerprint density at radius 1 is 1.28 bits per heavy atom. The summed E-state index contributed by atoms with van der Waals surface area (Å²) in [4.78, 5) is 12.5. The van der Waals surface area contributed by atoms with Crippen molar-refractivity contribution in [1.29, 1.82) is 0 Å². The smallest absolute Gasteiger partial charge is 0.256 e. The van der Waals surface area contributed by atoms with Gasteiger partial charge in [0.05, 0.1) is 25.5 Å². The lowest BCUT2D eigenvalue weighted by Crippen LogP contribution is -2.23. The zero-order valence-electron chi connectivity index (χ0n) is 15.1. The number of rotatable bonds is 8. The van der Waals surface area contributed by atoms with Crippen molar-refractivity contribution in [3.8, 4) is 11.5 Å². The first-order chi connectivity index (χ1) is 12.0. The summed E-state index contributed by atoms with van der Waals surface area (Å²) in [6, 6.07) is 5.51. The summed E-state index contributed by atoms with van der Waals surface area (Å²) < 4.78 is 12.2. The van der Waals surface area contributed by atoms with Gasteiger partial charge in [-0.1, -0.05) is 31.0 Å². The molecule has 0 saturated heterocycles. The number of hydrogen-bond donors (Lipinski definition) is 1. The van der Waals surface area contributed by atoms with Crippen LogP contribution >= 0.6 is 11.6 Å². The number of aryl methyl sites for hydroxylation is 2. The summed E-state index contributed by atoms with van der Waals surface area (Å²) in [5.41, 5.74) is 1.96. The van der Waals surface area contributed by atoms with Crippen LogP contribution in [0, 0.1) is 6.92 Å². The average Bonchev–Trinajstić information content (AvgIpc) is 2.91. The maximum atomic E-state index is 12.5. The van der Waals surface area contributed by atoms with Crippen LogP contribution in [0.15, 0.2) is 18.2 Å². The first-order valence-corrected chi connectivity index (χ1v) is 8.61. The molecule has 0 aliphatic carbocycles. The van der Waals surface area contributed by atoms with Crippen LogP contribution in [0.4, 0.5) is 0 Å². The van der Waals surface area contributed by atoms with Gasteiger partial charge < -0.3 is 14.8 Å². The molecule has 0 fully saturated rings. The van der Waals surface area contributed by atoms with E-state index in [-0.39, 0.29) is 5.91 Å². The highest BCUT2D eigenvalue weighted by atomic mass is 35.5. The van der Waals surface area contributed by atoms with Crippen LogP contribution < -0.4 is 14.8 Å². The van der Waals surface area contributed by atoms with Crippen LogP contribution in [-0.4, -0.2) is 29.9 Å². The molecular weight excluding hydrogens is 342 g/mol. The quantitative estimate of drug-likeness (QED) is 0.776. The van der Waals surface area contributed by atoms with E-state index < -0.39 is 0 Å². The van der Waals surface area contributed by atoms with Crippen LogP contribution in [0.3, 0.4) is 0 Å². The fraction of sp³-hybridized carbons (Fsp3) is 0.444. The molecule has 2 rings (SSSR count). The van der Waals surface area contributed by atoms with E-state index in [0.29, 0.717) is 41.0 Å². The minimum atomic E-state index is -0.236. The summed E-state index contributed by atoms with van der Waals surface area (Å²) in [6.45, 7) is 4.95. The Morgan fingerprint density at radius 3 is 2.64 bits per heavy atom. The molecule has 7 heteroatoms. The molecule has 6 nitrogen and oxygen atoms in total. The second-order valence-corrected chi connectivity index (χ2v) is 6.06. The van der Waals surface area contributed by atoms with Crippen LogP contribution in [0.2, 0.25) is 5.15 Å². The molecule has 1 amide bonds. The molecule has 0 saturated carbocycles. The molecule has 1 aromatic carbocycles. The number of ether oxygens (including phenoxy) is 2. The van der Waals surface area contributed by atoms with Gasteiger partial charge in [0, 0.05) is 13.1 Å². The second kappa shape index (κ2) is 8.76. The van der Waals surface area contributed by atoms with E-state index in [9.17, 15) is 4.79 Å². The summed E-state index contributed by atoms with van der Waals surface area (Å²) in [5, 5.41) is 7.63. The molecule has 1 heterocycles. The van der Waals surface area contributed by atoms with Gasteiger partial charge in [0.25, 0.3) is 5.91 Å². The van der Waals surface area contributed by atoms with E-state index in [1.54, 1.807) is 31.9 Å². The average molecular weight is 366 g/mol. The Labute approximate surface area is 153 Å². The number of nitrogens with zero attached hydrogens (tertiary/aromatic N) is 2. The van der Waals surface area contributed by atoms with Crippen molar-refractivity contribution in [3.05, 3.63) is 40.2 Å². The second-order valence-electron chi connectivity index (χ2n) is 5.70.